The molecule has 0 saturated carbocycles. The smallest absolute Gasteiger partial charge is 0.234 e. The predicted molar refractivity (Wildman–Crippen MR) is 90.9 cm³/mol. The van der Waals surface area contributed by atoms with Gasteiger partial charge in [-0.25, -0.2) is 4.98 Å². The van der Waals surface area contributed by atoms with Gasteiger partial charge in [0.2, 0.25) is 5.91 Å². The van der Waals surface area contributed by atoms with E-state index in [0.29, 0.717) is 0 Å². The Morgan fingerprint density at radius 2 is 2.04 bits per heavy atom. The molecule has 2 aromatic heterocycles. The van der Waals surface area contributed by atoms with Crippen LogP contribution in [-0.2, 0) is 12.8 Å². The van der Waals surface area contributed by atoms with Crippen molar-refractivity contribution in [3.63, 3.8) is 0 Å². The summed E-state index contributed by atoms with van der Waals surface area (Å²) in [6.45, 7) is 6.12. The first kappa shape index (κ1) is 14.2. The molecule has 0 fully saturated rings. The zero-order chi connectivity index (χ0) is 16.1. The van der Waals surface area contributed by atoms with Crippen LogP contribution in [0.2, 0.25) is 0 Å². The lowest BCUT2D eigenvalue weighted by Gasteiger charge is -2.23. The molecule has 1 unspecified atom stereocenters. The number of aromatic nitrogens is 3. The molecule has 3 aromatic rings. The van der Waals surface area contributed by atoms with Crippen molar-refractivity contribution < 1.29 is 4.79 Å². The fourth-order valence-electron chi connectivity index (χ4n) is 3.90. The maximum atomic E-state index is 13.1. The van der Waals surface area contributed by atoms with E-state index in [2.05, 4.69) is 29.0 Å². The monoisotopic (exact) mass is 307 g/mol. The highest BCUT2D eigenvalue weighted by atomic mass is 16.2. The quantitative estimate of drug-likeness (QED) is 0.784. The molecule has 1 atom stereocenters. The summed E-state index contributed by atoms with van der Waals surface area (Å²) in [5, 5.41) is 1.20. The second-order valence-corrected chi connectivity index (χ2v) is 6.60. The van der Waals surface area contributed by atoms with Gasteiger partial charge in [-0.15, -0.1) is 0 Å². The number of carbonyl (C=O) groups is 1. The Hall–Kier alpha value is -2.36. The maximum absolute atomic E-state index is 13.1. The van der Waals surface area contributed by atoms with Crippen molar-refractivity contribution >= 4 is 16.8 Å². The average Bonchev–Trinajstić information content (AvgIpc) is 3.00. The molecule has 4 nitrogen and oxygen atoms in total. The number of aryl methyl sites for hydroxylation is 3. The first-order valence-electron chi connectivity index (χ1n) is 8.21. The first-order chi connectivity index (χ1) is 11.1. The molecule has 0 spiro atoms. The molecule has 3 heterocycles. The molecule has 0 amide bonds. The van der Waals surface area contributed by atoms with E-state index in [9.17, 15) is 4.79 Å². The minimum atomic E-state index is 0.0131. The highest BCUT2D eigenvalue weighted by molar-refractivity contribution is 5.97. The van der Waals surface area contributed by atoms with Gasteiger partial charge in [0, 0.05) is 29.1 Å². The van der Waals surface area contributed by atoms with E-state index in [1.807, 2.05) is 30.5 Å². The van der Waals surface area contributed by atoms with E-state index in [4.69, 9.17) is 0 Å². The molecule has 1 aliphatic rings. The summed E-state index contributed by atoms with van der Waals surface area (Å²) in [5.41, 5.74) is 5.58. The van der Waals surface area contributed by atoms with Crippen molar-refractivity contribution in [1.29, 1.82) is 0 Å². The minimum Gasteiger partial charge on any atom is -0.346 e. The van der Waals surface area contributed by atoms with Gasteiger partial charge in [-0.05, 0) is 45.2 Å². The zero-order valence-electron chi connectivity index (χ0n) is 13.8. The highest BCUT2D eigenvalue weighted by Gasteiger charge is 2.31. The normalized spacial score (nSPS) is 17.7. The van der Waals surface area contributed by atoms with Gasteiger partial charge in [0.05, 0.1) is 11.2 Å². The summed E-state index contributed by atoms with van der Waals surface area (Å²) in [4.78, 5) is 20.9. The van der Waals surface area contributed by atoms with Gasteiger partial charge in [-0.2, -0.15) is 0 Å². The van der Waals surface area contributed by atoms with E-state index in [-0.39, 0.29) is 11.8 Å². The van der Waals surface area contributed by atoms with Gasteiger partial charge in [0.1, 0.15) is 5.82 Å². The fraction of sp³-hybridized carbons (Fsp3) is 0.368. The molecule has 1 N–H and O–H groups in total. The number of H-pyrrole nitrogens is 1. The number of imidazole rings is 1. The van der Waals surface area contributed by atoms with Gasteiger partial charge in [-0.3, -0.25) is 9.36 Å². The predicted octanol–water partition coefficient (Wildman–Crippen LogP) is 3.73. The highest BCUT2D eigenvalue weighted by Crippen LogP contribution is 2.33. The topological polar surface area (TPSA) is 50.7 Å². The molecule has 1 aliphatic heterocycles. The van der Waals surface area contributed by atoms with E-state index in [1.54, 1.807) is 0 Å². The summed E-state index contributed by atoms with van der Waals surface area (Å²) in [6.07, 6.45) is 2.58. The molecule has 23 heavy (non-hydrogen) atoms. The second kappa shape index (κ2) is 5.08. The van der Waals surface area contributed by atoms with Gasteiger partial charge in [0.25, 0.3) is 0 Å². The summed E-state index contributed by atoms with van der Waals surface area (Å²) in [6, 6.07) is 8.21. The number of hydrogen-bond acceptors (Lipinski definition) is 2. The molecule has 0 radical (unpaired) electrons. The van der Waals surface area contributed by atoms with Crippen molar-refractivity contribution in [2.45, 2.75) is 40.0 Å². The lowest BCUT2D eigenvalue weighted by Crippen LogP contribution is -2.30. The van der Waals surface area contributed by atoms with Crippen molar-refractivity contribution in [2.75, 3.05) is 0 Å². The van der Waals surface area contributed by atoms with E-state index < -0.39 is 0 Å². The Labute approximate surface area is 135 Å². The molecule has 0 bridgehead atoms. The van der Waals surface area contributed by atoms with Crippen molar-refractivity contribution in [3.05, 3.63) is 52.7 Å². The van der Waals surface area contributed by atoms with Gasteiger partial charge >= 0.3 is 0 Å². The number of fused-ring (bicyclic) bond motifs is 3. The second-order valence-electron chi connectivity index (χ2n) is 6.60. The summed E-state index contributed by atoms with van der Waals surface area (Å²) >= 11 is 0. The van der Waals surface area contributed by atoms with E-state index in [0.717, 1.165) is 42.0 Å². The van der Waals surface area contributed by atoms with Crippen LogP contribution in [0.1, 0.15) is 39.7 Å². The summed E-state index contributed by atoms with van der Waals surface area (Å²) < 4.78 is 1.95. The summed E-state index contributed by atoms with van der Waals surface area (Å²) in [5.74, 6) is 1.15. The molecular weight excluding hydrogens is 286 g/mol. The Balaban J connectivity index is 1.75. The molecule has 0 saturated heterocycles. The SMILES string of the molecule is Cc1nc(CC2CCc3c(C)c4ccccc4n3C2=O)c(C)[nH]1. The van der Waals surface area contributed by atoms with Crippen molar-refractivity contribution in [3.8, 4) is 0 Å². The van der Waals surface area contributed by atoms with Crippen LogP contribution in [0.5, 0.6) is 0 Å². The molecule has 118 valence electrons. The number of hydrogen-bond donors (Lipinski definition) is 1. The van der Waals surface area contributed by atoms with Gasteiger partial charge in [-0.1, -0.05) is 18.2 Å². The van der Waals surface area contributed by atoms with Crippen molar-refractivity contribution in [1.82, 2.24) is 14.5 Å². The minimum absolute atomic E-state index is 0.0131. The number of benzene rings is 1. The van der Waals surface area contributed by atoms with Crippen LogP contribution >= 0.6 is 0 Å². The van der Waals surface area contributed by atoms with Crippen molar-refractivity contribution in [2.24, 2.45) is 5.92 Å². The van der Waals surface area contributed by atoms with Gasteiger partial charge < -0.3 is 4.98 Å². The number of carbonyl (C=O) groups excluding carboxylic acids is 1. The van der Waals surface area contributed by atoms with E-state index >= 15 is 0 Å². The Bertz CT molecular complexity index is 916. The summed E-state index contributed by atoms with van der Waals surface area (Å²) in [7, 11) is 0. The third kappa shape index (κ3) is 2.12. The van der Waals surface area contributed by atoms with Crippen LogP contribution in [0.15, 0.2) is 24.3 Å². The lowest BCUT2D eigenvalue weighted by atomic mass is 9.91. The Morgan fingerprint density at radius 3 is 2.78 bits per heavy atom. The number of rotatable bonds is 2. The standard InChI is InChI=1S/C19H21N3O/c1-11-15-6-4-5-7-18(15)22-17(11)9-8-14(19(22)23)10-16-12(2)20-13(3)21-16/h4-7,14H,8-10H2,1-3H3,(H,20,21). The number of nitrogens with zero attached hydrogens (tertiary/aromatic N) is 2. The van der Waals surface area contributed by atoms with Crippen LogP contribution in [0, 0.1) is 26.7 Å². The van der Waals surface area contributed by atoms with E-state index in [1.165, 1.54) is 16.6 Å². The largest absolute Gasteiger partial charge is 0.346 e. The molecule has 4 heteroatoms. The average molecular weight is 307 g/mol. The fourth-order valence-corrected chi connectivity index (χ4v) is 3.90. The van der Waals surface area contributed by atoms with Crippen LogP contribution < -0.4 is 0 Å². The molecule has 4 rings (SSSR count). The third-order valence-electron chi connectivity index (χ3n) is 5.09. The van der Waals surface area contributed by atoms with Gasteiger partial charge in [0.15, 0.2) is 0 Å². The number of nitrogens with one attached hydrogen (secondary N) is 1. The van der Waals surface area contributed by atoms with Crippen LogP contribution in [-0.4, -0.2) is 20.4 Å². The zero-order valence-corrected chi connectivity index (χ0v) is 13.8. The number of para-hydroxylation sites is 1. The Kier molecular flexibility index (Phi) is 3.15. The van der Waals surface area contributed by atoms with Crippen LogP contribution in [0.25, 0.3) is 10.9 Å². The molecular formula is C19H21N3O. The first-order valence-corrected chi connectivity index (χ1v) is 8.21. The lowest BCUT2D eigenvalue weighted by molar-refractivity contribution is 0.0808. The number of aromatic amines is 1. The van der Waals surface area contributed by atoms with Crippen LogP contribution in [0.3, 0.4) is 0 Å². The maximum Gasteiger partial charge on any atom is 0.234 e. The third-order valence-corrected chi connectivity index (χ3v) is 5.09. The Morgan fingerprint density at radius 1 is 1.26 bits per heavy atom. The van der Waals surface area contributed by atoms with Crippen LogP contribution in [0.4, 0.5) is 0 Å². The molecule has 0 aliphatic carbocycles. The molecule has 1 aromatic carbocycles.